The van der Waals surface area contributed by atoms with Gasteiger partial charge >= 0.3 is 49.9 Å². The summed E-state index contributed by atoms with van der Waals surface area (Å²) < 4.78 is 10.9. The van der Waals surface area contributed by atoms with Crippen LogP contribution in [0, 0.1) is 0 Å². The summed E-state index contributed by atoms with van der Waals surface area (Å²) in [7, 11) is 0. The van der Waals surface area contributed by atoms with Crippen LogP contribution in [0.25, 0.3) is 0 Å². The van der Waals surface area contributed by atoms with E-state index in [0.717, 1.165) is 6.42 Å². The Hall–Kier alpha value is 1.99. The van der Waals surface area contributed by atoms with Crippen LogP contribution in [0.5, 0.6) is 0 Å². The van der Waals surface area contributed by atoms with Crippen molar-refractivity contribution < 1.29 is 20.7 Å². The Morgan fingerprint density at radius 2 is 1.50 bits per heavy atom. The first kappa shape index (κ1) is 16.0. The van der Waals surface area contributed by atoms with Crippen LogP contribution >= 0.6 is 38.7 Å². The van der Waals surface area contributed by atoms with E-state index >= 15 is 0 Å². The number of ether oxygens (including phenoxy) is 2. The van der Waals surface area contributed by atoms with E-state index in [9.17, 15) is 0 Å². The molecule has 1 saturated heterocycles. The average molecular weight is 609 g/mol. The summed E-state index contributed by atoms with van der Waals surface area (Å²) in [5.41, 5.74) is 10.9. The summed E-state index contributed by atoms with van der Waals surface area (Å²) in [4.78, 5) is 0. The Kier molecular flexibility index (Phi) is 11.6. The second-order valence-electron chi connectivity index (χ2n) is 2.70. The molecule has 0 radical (unpaired) electrons. The van der Waals surface area contributed by atoms with Gasteiger partial charge in [-0.3, -0.25) is 0 Å². The first-order valence-corrected chi connectivity index (χ1v) is 17.2. The van der Waals surface area contributed by atoms with Crippen LogP contribution in [0.15, 0.2) is 0 Å². The molecular formula is C7H16I2N2O2Pt. The van der Waals surface area contributed by atoms with Gasteiger partial charge in [0.2, 0.25) is 0 Å². The molecular weight excluding hydrogens is 593 g/mol. The Labute approximate surface area is 114 Å². The van der Waals surface area contributed by atoms with E-state index in [1.807, 2.05) is 6.92 Å². The molecule has 0 aromatic carbocycles. The maximum absolute atomic E-state index is 5.46. The van der Waals surface area contributed by atoms with Crippen molar-refractivity contribution in [1.82, 2.24) is 0 Å². The molecule has 0 amide bonds. The monoisotopic (exact) mass is 609 g/mol. The molecule has 7 heteroatoms. The average Bonchev–Trinajstić information content (AvgIpc) is 2.61. The number of halogens is 2. The minimum atomic E-state index is -0.0999. The van der Waals surface area contributed by atoms with Gasteiger partial charge in [0.05, 0.1) is 0 Å². The maximum atomic E-state index is 5.46. The van der Waals surface area contributed by atoms with Gasteiger partial charge < -0.3 is 20.9 Å². The van der Waals surface area contributed by atoms with Crippen molar-refractivity contribution in [2.75, 3.05) is 13.1 Å². The molecule has 1 fully saturated rings. The third-order valence-electron chi connectivity index (χ3n) is 1.87. The van der Waals surface area contributed by atoms with Crippen molar-refractivity contribution in [3.05, 3.63) is 0 Å². The van der Waals surface area contributed by atoms with Gasteiger partial charge in [0.25, 0.3) is 0 Å². The van der Waals surface area contributed by atoms with E-state index < -0.39 is 0 Å². The molecule has 14 heavy (non-hydrogen) atoms. The second kappa shape index (κ2) is 10.2. The fourth-order valence-corrected chi connectivity index (χ4v) is 1.20. The van der Waals surface area contributed by atoms with Gasteiger partial charge in [0, 0.05) is 13.1 Å². The van der Waals surface area contributed by atoms with Crippen LogP contribution in [-0.2, 0) is 20.7 Å². The van der Waals surface area contributed by atoms with Gasteiger partial charge in [0.1, 0.15) is 12.2 Å². The molecule has 0 unspecified atom stereocenters. The second-order valence-corrected chi connectivity index (χ2v) is 19.3. The molecule has 0 aliphatic carbocycles. The van der Waals surface area contributed by atoms with Gasteiger partial charge in [-0.05, 0) is 6.42 Å². The molecule has 2 atom stereocenters. The Morgan fingerprint density at radius 3 is 1.71 bits per heavy atom. The minimum absolute atomic E-state index is 0.00931. The molecule has 1 aliphatic rings. The number of hydrogen-bond donors (Lipinski definition) is 2. The van der Waals surface area contributed by atoms with Crippen LogP contribution in [0.2, 0.25) is 0 Å². The molecule has 1 rings (SSSR count). The van der Waals surface area contributed by atoms with Crippen LogP contribution in [0.1, 0.15) is 13.3 Å². The topological polar surface area (TPSA) is 70.5 Å². The fourth-order valence-electron chi connectivity index (χ4n) is 1.20. The summed E-state index contributed by atoms with van der Waals surface area (Å²) >= 11 is 5.30. The number of hydrogen-bond acceptors (Lipinski definition) is 4. The first-order chi connectivity index (χ1) is 6.73. The van der Waals surface area contributed by atoms with Gasteiger partial charge in [-0.2, -0.15) is 0 Å². The van der Waals surface area contributed by atoms with Crippen molar-refractivity contribution in [3.63, 3.8) is 0 Å². The summed E-state index contributed by atoms with van der Waals surface area (Å²) in [6.07, 6.45) is 0.736. The van der Waals surface area contributed by atoms with E-state index in [4.69, 9.17) is 20.9 Å². The summed E-state index contributed by atoms with van der Waals surface area (Å²) in [6, 6.07) is 0. The third kappa shape index (κ3) is 5.91. The van der Waals surface area contributed by atoms with Crippen molar-refractivity contribution in [3.8, 4) is 0 Å². The number of rotatable bonds is 3. The van der Waals surface area contributed by atoms with Gasteiger partial charge in [-0.15, -0.1) is 0 Å². The quantitative estimate of drug-likeness (QED) is 0.473. The molecule has 4 nitrogen and oxygen atoms in total. The summed E-state index contributed by atoms with van der Waals surface area (Å²) in [5.74, 6) is 0. The van der Waals surface area contributed by atoms with E-state index in [-0.39, 0.29) is 18.5 Å². The van der Waals surface area contributed by atoms with E-state index in [0.29, 0.717) is 24.3 Å². The normalized spacial score (nSPS) is 27.5. The van der Waals surface area contributed by atoms with Crippen molar-refractivity contribution >= 4 is 38.7 Å². The molecule has 0 spiro atoms. The molecule has 0 aromatic heterocycles. The summed E-state index contributed by atoms with van der Waals surface area (Å²) in [6.45, 7) is 2.98. The zero-order chi connectivity index (χ0) is 11.0. The number of nitrogens with two attached hydrogens (primary N) is 2. The zero-order valence-electron chi connectivity index (χ0n) is 7.90. The SMILES string of the molecule is CCC1O[C@@H](CN)[C@H](CN)O1.[I][Pt][I]. The van der Waals surface area contributed by atoms with E-state index in [1.165, 1.54) is 0 Å². The van der Waals surface area contributed by atoms with Crippen molar-refractivity contribution in [1.29, 1.82) is 0 Å². The predicted octanol–water partition coefficient (Wildman–Crippen LogP) is 1.19. The molecule has 0 bridgehead atoms. The standard InChI is InChI=1S/C7H16N2O2.2HI.Pt/c1-2-7-10-5(3-8)6(4-9)11-7;;;/h5-7H,2-4,8-9H2,1H3;2*1H;/q;;;+2/p-2/t5-,6-;;;/m0.../s1. The van der Waals surface area contributed by atoms with Gasteiger partial charge in [-0.1, -0.05) is 6.92 Å². The molecule has 0 aromatic rings. The predicted molar refractivity (Wildman–Crippen MR) is 70.0 cm³/mol. The molecule has 1 heterocycles. The van der Waals surface area contributed by atoms with Gasteiger partial charge in [-0.25, -0.2) is 0 Å². The van der Waals surface area contributed by atoms with Crippen LogP contribution < -0.4 is 11.5 Å². The van der Waals surface area contributed by atoms with Gasteiger partial charge in [0.15, 0.2) is 6.29 Å². The van der Waals surface area contributed by atoms with E-state index in [1.54, 1.807) is 0 Å². The molecule has 90 valence electrons. The molecule has 4 N–H and O–H groups in total. The fraction of sp³-hybridized carbons (Fsp3) is 1.00. The summed E-state index contributed by atoms with van der Waals surface area (Å²) in [5, 5.41) is 0. The Morgan fingerprint density at radius 1 is 1.14 bits per heavy atom. The molecule has 0 saturated carbocycles. The molecule has 1 aliphatic heterocycles. The van der Waals surface area contributed by atoms with Crippen LogP contribution in [0.4, 0.5) is 0 Å². The van der Waals surface area contributed by atoms with Crippen LogP contribution in [-0.4, -0.2) is 31.6 Å². The van der Waals surface area contributed by atoms with Crippen LogP contribution in [0.3, 0.4) is 0 Å². The van der Waals surface area contributed by atoms with Crippen molar-refractivity contribution in [2.45, 2.75) is 31.8 Å². The van der Waals surface area contributed by atoms with Crippen molar-refractivity contribution in [2.24, 2.45) is 11.5 Å². The Bertz CT molecular complexity index is 133. The van der Waals surface area contributed by atoms with E-state index in [2.05, 4.69) is 38.7 Å². The zero-order valence-corrected chi connectivity index (χ0v) is 14.5. The first-order valence-electron chi connectivity index (χ1n) is 4.26. The third-order valence-corrected chi connectivity index (χ3v) is 1.87. The Balaban J connectivity index is 0.000000500.